The molecule has 0 aliphatic carbocycles. The molecular weight excluding hydrogens is 222 g/mol. The number of unbranched alkanes of at least 4 members (excludes halogenated alkanes) is 6. The number of carboxylic acids is 2. The van der Waals surface area contributed by atoms with Crippen LogP contribution in [0.1, 0.15) is 57.8 Å². The van der Waals surface area contributed by atoms with Crippen LogP contribution in [0.4, 0.5) is 0 Å². The average molecular weight is 244 g/mol. The summed E-state index contributed by atoms with van der Waals surface area (Å²) < 4.78 is 0. The van der Waals surface area contributed by atoms with Gasteiger partial charge in [-0.3, -0.25) is 0 Å². The van der Waals surface area contributed by atoms with Crippen molar-refractivity contribution in [2.75, 3.05) is 0 Å². The number of aliphatic carboxylic acids is 2. The first-order chi connectivity index (χ1) is 8.04. The number of hydrogen-bond donors (Lipinski definition) is 1. The maximum atomic E-state index is 10.4. The van der Waals surface area contributed by atoms with E-state index in [1.54, 1.807) is 0 Å². The predicted molar refractivity (Wildman–Crippen MR) is 58.2 cm³/mol. The molecule has 0 bridgehead atoms. The van der Waals surface area contributed by atoms with Crippen LogP contribution in [0.15, 0.2) is 0 Å². The Kier molecular flexibility index (Phi) is 9.43. The molecule has 0 radical (unpaired) electrons. The monoisotopic (exact) mass is 244 g/mol. The van der Waals surface area contributed by atoms with Crippen molar-refractivity contribution in [1.82, 2.24) is 0 Å². The lowest BCUT2D eigenvalue weighted by atomic mass is 10.0. The third-order valence-corrected chi connectivity index (χ3v) is 2.77. The minimum Gasteiger partial charge on any atom is -0.550 e. The first-order valence-corrected chi connectivity index (χ1v) is 6.28. The highest BCUT2D eigenvalue weighted by atomic mass is 16.4. The van der Waals surface area contributed by atoms with Crippen molar-refractivity contribution in [2.24, 2.45) is 0 Å². The molecule has 0 aliphatic heterocycles. The molecule has 0 fully saturated rings. The maximum Gasteiger partial charge on any atom is 0.124 e. The fraction of sp³-hybridized carbons (Fsp3) is 0.833. The molecule has 0 aromatic heterocycles. The molecule has 0 rings (SSSR count). The Morgan fingerprint density at radius 1 is 0.882 bits per heavy atom. The van der Waals surface area contributed by atoms with Gasteiger partial charge in [0.05, 0.1) is 5.97 Å². The number of carbonyl (C=O) groups is 2. The van der Waals surface area contributed by atoms with Crippen molar-refractivity contribution in [3.05, 3.63) is 0 Å². The molecule has 3 N–H and O–H groups in total. The van der Waals surface area contributed by atoms with Crippen LogP contribution in [-0.2, 0) is 9.59 Å². The summed E-state index contributed by atoms with van der Waals surface area (Å²) in [5.74, 6) is -2.05. The number of carboxylic acid groups (broad SMARTS) is 2. The highest BCUT2D eigenvalue weighted by molar-refractivity contribution is 5.68. The predicted octanol–water partition coefficient (Wildman–Crippen LogP) is -1.39. The summed E-state index contributed by atoms with van der Waals surface area (Å²) in [6, 6.07) is -0.599. The molecule has 100 valence electrons. The van der Waals surface area contributed by atoms with Crippen LogP contribution in [0.25, 0.3) is 0 Å². The Morgan fingerprint density at radius 2 is 1.35 bits per heavy atom. The molecule has 5 heteroatoms. The maximum absolute atomic E-state index is 10.4. The van der Waals surface area contributed by atoms with Crippen molar-refractivity contribution in [1.29, 1.82) is 0 Å². The summed E-state index contributed by atoms with van der Waals surface area (Å²) in [5.41, 5.74) is 3.49. The molecule has 0 aromatic rings. The molecule has 5 nitrogen and oxygen atoms in total. The zero-order valence-electron chi connectivity index (χ0n) is 10.3. The van der Waals surface area contributed by atoms with E-state index >= 15 is 0 Å². The summed E-state index contributed by atoms with van der Waals surface area (Å²) in [6.07, 6.45) is 7.36. The first kappa shape index (κ1) is 15.9. The summed E-state index contributed by atoms with van der Waals surface area (Å²) in [7, 11) is 0. The lowest BCUT2D eigenvalue weighted by Crippen LogP contribution is -2.68. The van der Waals surface area contributed by atoms with E-state index in [1.807, 2.05) is 0 Å². The fourth-order valence-electron chi connectivity index (χ4n) is 1.66. The molecule has 0 saturated heterocycles. The summed E-state index contributed by atoms with van der Waals surface area (Å²) in [5, 5.41) is 20.5. The van der Waals surface area contributed by atoms with E-state index in [0.717, 1.165) is 38.5 Å². The van der Waals surface area contributed by atoms with Crippen molar-refractivity contribution in [3.63, 3.8) is 0 Å². The number of carbonyl (C=O) groups excluding carboxylic acids is 2. The third kappa shape index (κ3) is 11.2. The van der Waals surface area contributed by atoms with Crippen molar-refractivity contribution < 1.29 is 25.5 Å². The SMILES string of the molecule is [NH3+][C@H](CCCCCCCCCC(=O)[O-])C(=O)[O-]. The first-order valence-electron chi connectivity index (χ1n) is 6.28. The van der Waals surface area contributed by atoms with Crippen molar-refractivity contribution in [3.8, 4) is 0 Å². The van der Waals surface area contributed by atoms with Crippen LogP contribution in [0.5, 0.6) is 0 Å². The fourth-order valence-corrected chi connectivity index (χ4v) is 1.66. The second-order valence-electron chi connectivity index (χ2n) is 4.40. The van der Waals surface area contributed by atoms with Crippen molar-refractivity contribution >= 4 is 11.9 Å². The third-order valence-electron chi connectivity index (χ3n) is 2.77. The molecule has 1 atom stereocenters. The molecule has 0 aliphatic rings. The van der Waals surface area contributed by atoms with Gasteiger partial charge in [0.1, 0.15) is 6.04 Å². The number of rotatable bonds is 11. The molecule has 0 spiro atoms. The quantitative estimate of drug-likeness (QED) is 0.451. The molecular formula is C12H22NO4-. The zero-order valence-corrected chi connectivity index (χ0v) is 10.3. The van der Waals surface area contributed by atoms with Gasteiger partial charge >= 0.3 is 0 Å². The van der Waals surface area contributed by atoms with E-state index in [-0.39, 0.29) is 6.42 Å². The van der Waals surface area contributed by atoms with E-state index in [4.69, 9.17) is 0 Å². The van der Waals surface area contributed by atoms with Crippen LogP contribution in [0.3, 0.4) is 0 Å². The van der Waals surface area contributed by atoms with Crippen LogP contribution in [-0.4, -0.2) is 18.0 Å². The standard InChI is InChI=1S/C12H23NO4/c13-10(12(16)17)8-6-4-2-1-3-5-7-9-11(14)15/h10H,1-9,13H2,(H,14,15)(H,16,17)/p-1/t10-/m1/s1. The second kappa shape index (κ2) is 10.1. The Morgan fingerprint density at radius 3 is 1.82 bits per heavy atom. The van der Waals surface area contributed by atoms with E-state index in [1.165, 1.54) is 0 Å². The van der Waals surface area contributed by atoms with E-state index < -0.39 is 18.0 Å². The van der Waals surface area contributed by atoms with E-state index in [9.17, 15) is 19.8 Å². The minimum absolute atomic E-state index is 0.148. The van der Waals surface area contributed by atoms with Gasteiger partial charge in [0, 0.05) is 12.4 Å². The molecule has 0 saturated carbocycles. The van der Waals surface area contributed by atoms with Crippen LogP contribution in [0.2, 0.25) is 0 Å². The van der Waals surface area contributed by atoms with Gasteiger partial charge in [-0.1, -0.05) is 32.1 Å². The zero-order chi connectivity index (χ0) is 13.1. The Bertz CT molecular complexity index is 231. The normalized spacial score (nSPS) is 12.3. The lowest BCUT2D eigenvalue weighted by Gasteiger charge is -2.08. The van der Waals surface area contributed by atoms with Gasteiger partial charge in [-0.25, -0.2) is 0 Å². The van der Waals surface area contributed by atoms with Gasteiger partial charge in [0.15, 0.2) is 0 Å². The van der Waals surface area contributed by atoms with Crippen LogP contribution in [0, 0.1) is 0 Å². The van der Waals surface area contributed by atoms with Gasteiger partial charge < -0.3 is 25.5 Å². The summed E-state index contributed by atoms with van der Waals surface area (Å²) in [4.78, 5) is 20.5. The van der Waals surface area contributed by atoms with Gasteiger partial charge in [-0.2, -0.15) is 0 Å². The smallest absolute Gasteiger partial charge is 0.124 e. The van der Waals surface area contributed by atoms with Gasteiger partial charge in [-0.05, 0) is 19.3 Å². The number of hydrogen-bond acceptors (Lipinski definition) is 4. The van der Waals surface area contributed by atoms with E-state index in [2.05, 4.69) is 5.73 Å². The minimum atomic E-state index is -1.08. The molecule has 0 amide bonds. The number of quaternary nitrogens is 1. The Labute approximate surface area is 102 Å². The Hall–Kier alpha value is -1.10. The second-order valence-corrected chi connectivity index (χ2v) is 4.40. The highest BCUT2D eigenvalue weighted by Crippen LogP contribution is 2.09. The molecule has 0 heterocycles. The van der Waals surface area contributed by atoms with Crippen molar-refractivity contribution in [2.45, 2.75) is 63.8 Å². The van der Waals surface area contributed by atoms with Crippen LogP contribution < -0.4 is 15.9 Å². The van der Waals surface area contributed by atoms with Gasteiger partial charge in [0.25, 0.3) is 0 Å². The lowest BCUT2D eigenvalue weighted by molar-refractivity contribution is -0.438. The largest absolute Gasteiger partial charge is 0.550 e. The molecule has 17 heavy (non-hydrogen) atoms. The molecule has 0 unspecified atom stereocenters. The summed E-state index contributed by atoms with van der Waals surface area (Å²) in [6.45, 7) is 0. The Balaban J connectivity index is 3.14. The van der Waals surface area contributed by atoms with Gasteiger partial charge in [0.2, 0.25) is 0 Å². The molecule has 0 aromatic carbocycles. The van der Waals surface area contributed by atoms with Crippen LogP contribution >= 0.6 is 0 Å². The van der Waals surface area contributed by atoms with Gasteiger partial charge in [-0.15, -0.1) is 0 Å². The van der Waals surface area contributed by atoms with E-state index in [0.29, 0.717) is 12.8 Å². The topological polar surface area (TPSA) is 108 Å². The highest BCUT2D eigenvalue weighted by Gasteiger charge is 2.05. The average Bonchev–Trinajstić information content (AvgIpc) is 2.25. The summed E-state index contributed by atoms with van der Waals surface area (Å²) >= 11 is 0.